The predicted octanol–water partition coefficient (Wildman–Crippen LogP) is 2.95. The molecule has 0 bridgehead atoms. The first-order valence-corrected chi connectivity index (χ1v) is 8.04. The highest BCUT2D eigenvalue weighted by molar-refractivity contribution is 5.93. The molecule has 1 amide bonds. The summed E-state index contributed by atoms with van der Waals surface area (Å²) in [5.41, 5.74) is 2.95. The van der Waals surface area contributed by atoms with E-state index in [4.69, 9.17) is 0 Å². The van der Waals surface area contributed by atoms with Crippen molar-refractivity contribution in [3.63, 3.8) is 0 Å². The predicted molar refractivity (Wildman–Crippen MR) is 91.5 cm³/mol. The number of hydrogen-bond acceptors (Lipinski definition) is 4. The molecule has 1 aromatic carbocycles. The minimum absolute atomic E-state index is 0.0339. The Kier molecular flexibility index (Phi) is 4.55. The van der Waals surface area contributed by atoms with Crippen LogP contribution in [0.5, 0.6) is 0 Å². The van der Waals surface area contributed by atoms with Gasteiger partial charge < -0.3 is 10.2 Å². The Morgan fingerprint density at radius 2 is 2.17 bits per heavy atom. The molecule has 0 saturated carbocycles. The van der Waals surface area contributed by atoms with Crippen molar-refractivity contribution in [2.24, 2.45) is 5.92 Å². The van der Waals surface area contributed by atoms with Crippen LogP contribution in [-0.4, -0.2) is 29.0 Å². The number of carbonyl (C=O) groups is 1. The summed E-state index contributed by atoms with van der Waals surface area (Å²) in [4.78, 5) is 23.5. The highest BCUT2D eigenvalue weighted by Crippen LogP contribution is 2.22. The van der Waals surface area contributed by atoms with Gasteiger partial charge in [0.1, 0.15) is 0 Å². The van der Waals surface area contributed by atoms with Gasteiger partial charge in [-0.2, -0.15) is 0 Å². The molecule has 1 aliphatic heterocycles. The lowest BCUT2D eigenvalue weighted by Crippen LogP contribution is -2.41. The maximum atomic E-state index is 12.5. The summed E-state index contributed by atoms with van der Waals surface area (Å²) in [6.45, 7) is 5.54. The molecular weight excluding hydrogens is 288 g/mol. The minimum atomic E-state index is -0.0339. The van der Waals surface area contributed by atoms with Crippen LogP contribution in [0.25, 0.3) is 0 Å². The molecule has 5 heteroatoms. The monoisotopic (exact) mass is 310 g/mol. The molecule has 1 N–H and O–H groups in total. The molecule has 3 rings (SSSR count). The van der Waals surface area contributed by atoms with E-state index in [2.05, 4.69) is 20.2 Å². The number of anilines is 2. The lowest BCUT2D eigenvalue weighted by molar-refractivity contribution is -0.120. The quantitative estimate of drug-likeness (QED) is 0.947. The first kappa shape index (κ1) is 15.5. The highest BCUT2D eigenvalue weighted by atomic mass is 16.1. The SMILES string of the molecule is Cc1cccc(NC(=O)[C@@H]2CCCN(c3nccc(C)n3)C2)c1. The Labute approximate surface area is 136 Å². The molecule has 120 valence electrons. The van der Waals surface area contributed by atoms with Gasteiger partial charge in [-0.1, -0.05) is 12.1 Å². The van der Waals surface area contributed by atoms with E-state index < -0.39 is 0 Å². The van der Waals surface area contributed by atoms with Gasteiger partial charge in [0.25, 0.3) is 0 Å². The number of amides is 1. The first-order valence-electron chi connectivity index (χ1n) is 8.04. The van der Waals surface area contributed by atoms with E-state index in [1.165, 1.54) is 0 Å². The lowest BCUT2D eigenvalue weighted by atomic mass is 9.97. The molecule has 1 aromatic heterocycles. The fraction of sp³-hybridized carbons (Fsp3) is 0.389. The van der Waals surface area contributed by atoms with Crippen molar-refractivity contribution in [1.82, 2.24) is 9.97 Å². The van der Waals surface area contributed by atoms with Gasteiger partial charge in [-0.05, 0) is 50.5 Å². The third-order valence-electron chi connectivity index (χ3n) is 4.14. The molecule has 1 aliphatic rings. The van der Waals surface area contributed by atoms with Crippen molar-refractivity contribution in [3.8, 4) is 0 Å². The number of nitrogens with zero attached hydrogens (tertiary/aromatic N) is 3. The van der Waals surface area contributed by atoms with E-state index in [0.717, 1.165) is 42.3 Å². The van der Waals surface area contributed by atoms with E-state index in [1.807, 2.05) is 44.2 Å². The number of benzene rings is 1. The van der Waals surface area contributed by atoms with Crippen molar-refractivity contribution in [1.29, 1.82) is 0 Å². The third kappa shape index (κ3) is 3.86. The first-order chi connectivity index (χ1) is 11.1. The third-order valence-corrected chi connectivity index (χ3v) is 4.14. The van der Waals surface area contributed by atoms with Gasteiger partial charge in [-0.15, -0.1) is 0 Å². The lowest BCUT2D eigenvalue weighted by Gasteiger charge is -2.32. The molecule has 1 fully saturated rings. The average Bonchev–Trinajstić information content (AvgIpc) is 2.55. The zero-order valence-corrected chi connectivity index (χ0v) is 13.6. The van der Waals surface area contributed by atoms with Gasteiger partial charge in [0.05, 0.1) is 5.92 Å². The summed E-state index contributed by atoms with van der Waals surface area (Å²) in [6.07, 6.45) is 3.65. The van der Waals surface area contributed by atoms with Gasteiger partial charge in [0.2, 0.25) is 11.9 Å². The van der Waals surface area contributed by atoms with Crippen LogP contribution in [0.4, 0.5) is 11.6 Å². The zero-order chi connectivity index (χ0) is 16.2. The molecule has 0 spiro atoms. The second-order valence-corrected chi connectivity index (χ2v) is 6.14. The molecule has 23 heavy (non-hydrogen) atoms. The number of aryl methyl sites for hydroxylation is 2. The summed E-state index contributed by atoms with van der Waals surface area (Å²) >= 11 is 0. The van der Waals surface area contributed by atoms with Crippen molar-refractivity contribution in [2.75, 3.05) is 23.3 Å². The van der Waals surface area contributed by atoms with E-state index in [0.29, 0.717) is 6.54 Å². The number of nitrogens with one attached hydrogen (secondary N) is 1. The van der Waals surface area contributed by atoms with Crippen molar-refractivity contribution >= 4 is 17.5 Å². The van der Waals surface area contributed by atoms with Crippen LogP contribution in [0.1, 0.15) is 24.1 Å². The molecule has 5 nitrogen and oxygen atoms in total. The van der Waals surface area contributed by atoms with E-state index >= 15 is 0 Å². The number of carbonyl (C=O) groups excluding carboxylic acids is 1. The van der Waals surface area contributed by atoms with Crippen molar-refractivity contribution in [3.05, 3.63) is 47.8 Å². The van der Waals surface area contributed by atoms with E-state index in [1.54, 1.807) is 6.20 Å². The van der Waals surface area contributed by atoms with Gasteiger partial charge in [-0.3, -0.25) is 4.79 Å². The Morgan fingerprint density at radius 3 is 2.96 bits per heavy atom. The molecule has 0 unspecified atom stereocenters. The summed E-state index contributed by atoms with van der Waals surface area (Å²) in [7, 11) is 0. The van der Waals surface area contributed by atoms with Crippen LogP contribution in [-0.2, 0) is 4.79 Å². The van der Waals surface area contributed by atoms with Crippen LogP contribution in [0, 0.1) is 19.8 Å². The number of hydrogen-bond donors (Lipinski definition) is 1. The normalized spacial score (nSPS) is 17.8. The number of piperidine rings is 1. The van der Waals surface area contributed by atoms with Crippen molar-refractivity contribution < 1.29 is 4.79 Å². The largest absolute Gasteiger partial charge is 0.340 e. The minimum Gasteiger partial charge on any atom is -0.340 e. The van der Waals surface area contributed by atoms with E-state index in [9.17, 15) is 4.79 Å². The smallest absolute Gasteiger partial charge is 0.229 e. The summed E-state index contributed by atoms with van der Waals surface area (Å²) in [5, 5.41) is 3.03. The fourth-order valence-electron chi connectivity index (χ4n) is 2.93. The van der Waals surface area contributed by atoms with Crippen LogP contribution in [0.2, 0.25) is 0 Å². The molecule has 1 saturated heterocycles. The van der Waals surface area contributed by atoms with Crippen LogP contribution < -0.4 is 10.2 Å². The molecule has 2 aromatic rings. The zero-order valence-electron chi connectivity index (χ0n) is 13.6. The Morgan fingerprint density at radius 1 is 1.30 bits per heavy atom. The van der Waals surface area contributed by atoms with Crippen LogP contribution >= 0.6 is 0 Å². The maximum Gasteiger partial charge on any atom is 0.229 e. The molecular formula is C18H22N4O. The maximum absolute atomic E-state index is 12.5. The van der Waals surface area contributed by atoms with Crippen molar-refractivity contribution in [2.45, 2.75) is 26.7 Å². The molecule has 0 radical (unpaired) electrons. The highest BCUT2D eigenvalue weighted by Gasteiger charge is 2.27. The topological polar surface area (TPSA) is 58.1 Å². The van der Waals surface area contributed by atoms with Gasteiger partial charge >= 0.3 is 0 Å². The van der Waals surface area contributed by atoms with Gasteiger partial charge in [0, 0.05) is 30.7 Å². The number of aromatic nitrogens is 2. The molecule has 1 atom stereocenters. The summed E-state index contributed by atoms with van der Waals surface area (Å²) in [5.74, 6) is 0.763. The summed E-state index contributed by atoms with van der Waals surface area (Å²) in [6, 6.07) is 9.78. The van der Waals surface area contributed by atoms with Crippen LogP contribution in [0.15, 0.2) is 36.5 Å². The van der Waals surface area contributed by atoms with Crippen LogP contribution in [0.3, 0.4) is 0 Å². The van der Waals surface area contributed by atoms with Gasteiger partial charge in [0.15, 0.2) is 0 Å². The Balaban J connectivity index is 1.67. The summed E-state index contributed by atoms with van der Waals surface area (Å²) < 4.78 is 0. The Bertz CT molecular complexity index is 701. The van der Waals surface area contributed by atoms with Gasteiger partial charge in [-0.25, -0.2) is 9.97 Å². The fourth-order valence-corrected chi connectivity index (χ4v) is 2.93. The molecule has 2 heterocycles. The second-order valence-electron chi connectivity index (χ2n) is 6.14. The number of rotatable bonds is 3. The standard InChI is InChI=1S/C18H22N4O/c1-13-5-3-7-16(11-13)21-17(23)15-6-4-10-22(12-15)18-19-9-8-14(2)20-18/h3,5,7-9,11,15H,4,6,10,12H2,1-2H3,(H,21,23)/t15-/m1/s1. The second kappa shape index (κ2) is 6.77. The van der Waals surface area contributed by atoms with E-state index in [-0.39, 0.29) is 11.8 Å². The average molecular weight is 310 g/mol. The Hall–Kier alpha value is -2.43. The molecule has 0 aliphatic carbocycles.